The predicted molar refractivity (Wildman–Crippen MR) is 119 cm³/mol. The summed E-state index contributed by atoms with van der Waals surface area (Å²) in [6.45, 7) is 7.21. The molecular weight excluding hydrogens is 481 g/mol. The van der Waals surface area contributed by atoms with Crippen LogP contribution in [0.15, 0.2) is 12.7 Å². The minimum atomic E-state index is -3.88. The number of rotatable bonds is 5. The second kappa shape index (κ2) is 8.50. The van der Waals surface area contributed by atoms with Crippen LogP contribution in [0.4, 0.5) is 5.82 Å². The number of carbonyl (C=O) groups excluding carboxylic acids is 1. The van der Waals surface area contributed by atoms with Gasteiger partial charge >= 0.3 is 7.82 Å². The van der Waals surface area contributed by atoms with Crippen LogP contribution >= 0.6 is 31.2 Å². The lowest BCUT2D eigenvalue weighted by atomic mass is 10.00. The Kier molecular flexibility index (Phi) is 6.34. The average molecular weight is 506 g/mol. The molecule has 0 spiro atoms. The van der Waals surface area contributed by atoms with E-state index in [0.717, 1.165) is 11.8 Å². The maximum Gasteiger partial charge on any atom is 0.475 e. The van der Waals surface area contributed by atoms with E-state index in [-0.39, 0.29) is 24.1 Å². The number of aromatic nitrogens is 4. The topological polar surface area (TPSA) is 141 Å². The number of carbonyl (C=O) groups is 1. The maximum absolute atomic E-state index is 13.0. The van der Waals surface area contributed by atoms with Crippen molar-refractivity contribution in [3.8, 4) is 0 Å². The Morgan fingerprint density at radius 1 is 1.44 bits per heavy atom. The first kappa shape index (κ1) is 23.9. The first-order valence-corrected chi connectivity index (χ1v) is 12.8. The molecule has 5 atom stereocenters. The molecule has 2 N–H and O–H groups in total. The van der Waals surface area contributed by atoms with Gasteiger partial charge in [0.25, 0.3) is 0 Å². The van der Waals surface area contributed by atoms with E-state index < -0.39 is 36.5 Å². The Bertz CT molecular complexity index is 1080. The molecule has 0 unspecified atom stereocenters. The standard InChI is InChI=1S/C18H25ClN5O6PS/c1-17(2,3)16(25)32-6-5-27-31(26)28-7-10-12(30-31)18(4,19)15(29-10)24-9-23-11-13(20)21-8-22-14(11)24/h8-10,12,15H,5-7H2,1-4H3,(H2,20,21,22)/t10-,12-,15-,18-,31-/m1/s1. The molecule has 0 aromatic carbocycles. The lowest BCUT2D eigenvalue weighted by Crippen LogP contribution is -2.44. The summed E-state index contributed by atoms with van der Waals surface area (Å²) in [6, 6.07) is 0. The summed E-state index contributed by atoms with van der Waals surface area (Å²) < 4.78 is 37.3. The van der Waals surface area contributed by atoms with Gasteiger partial charge in [-0.2, -0.15) is 0 Å². The van der Waals surface area contributed by atoms with E-state index in [1.165, 1.54) is 12.7 Å². The number of nitrogens with zero attached hydrogens (tertiary/aromatic N) is 4. The second-order valence-electron chi connectivity index (χ2n) is 8.75. The fourth-order valence-corrected chi connectivity index (χ4v) is 6.24. The number of hydrogen-bond donors (Lipinski definition) is 1. The number of phosphoric ester groups is 1. The smallest absolute Gasteiger partial charge is 0.382 e. The maximum atomic E-state index is 13.0. The van der Waals surface area contributed by atoms with Crippen molar-refractivity contribution in [2.45, 2.75) is 51.0 Å². The van der Waals surface area contributed by atoms with Crippen molar-refractivity contribution in [1.82, 2.24) is 19.5 Å². The molecule has 0 amide bonds. The van der Waals surface area contributed by atoms with Crippen molar-refractivity contribution in [2.75, 3.05) is 24.7 Å². The van der Waals surface area contributed by atoms with Gasteiger partial charge in [-0.05, 0) is 6.92 Å². The third-order valence-electron chi connectivity index (χ3n) is 5.14. The zero-order chi connectivity index (χ0) is 23.3. The Hall–Kier alpha value is -1.27. The van der Waals surface area contributed by atoms with Crippen LogP contribution in [0.25, 0.3) is 11.2 Å². The van der Waals surface area contributed by atoms with Crippen LogP contribution in [-0.4, -0.2) is 60.7 Å². The van der Waals surface area contributed by atoms with Crippen LogP contribution in [0.3, 0.4) is 0 Å². The first-order chi connectivity index (χ1) is 14.9. The fourth-order valence-electron chi connectivity index (χ4n) is 3.45. The number of alkyl halides is 1. The van der Waals surface area contributed by atoms with Gasteiger partial charge in [0.2, 0.25) is 0 Å². The summed E-state index contributed by atoms with van der Waals surface area (Å²) in [7, 11) is -3.88. The number of fused-ring (bicyclic) bond motifs is 2. The Morgan fingerprint density at radius 2 is 2.19 bits per heavy atom. The number of nitrogens with two attached hydrogens (primary N) is 1. The highest BCUT2D eigenvalue weighted by Crippen LogP contribution is 2.60. The molecule has 0 bridgehead atoms. The molecule has 0 radical (unpaired) electrons. The van der Waals surface area contributed by atoms with Crippen molar-refractivity contribution in [1.29, 1.82) is 0 Å². The third kappa shape index (κ3) is 4.42. The number of anilines is 1. The number of ether oxygens (including phenoxy) is 1. The van der Waals surface area contributed by atoms with Crippen molar-refractivity contribution in [3.63, 3.8) is 0 Å². The lowest BCUT2D eigenvalue weighted by Gasteiger charge is -2.34. The molecule has 4 heterocycles. The van der Waals surface area contributed by atoms with Gasteiger partial charge in [0.15, 0.2) is 22.8 Å². The third-order valence-corrected chi connectivity index (χ3v) is 8.23. The van der Waals surface area contributed by atoms with E-state index in [1.807, 2.05) is 20.8 Å². The summed E-state index contributed by atoms with van der Waals surface area (Å²) in [4.78, 5) is 23.3. The van der Waals surface area contributed by atoms with Gasteiger partial charge in [0, 0.05) is 11.2 Å². The molecule has 2 saturated heterocycles. The Labute approximate surface area is 194 Å². The molecule has 2 aromatic heterocycles. The number of nitrogen functional groups attached to an aromatic ring is 1. The highest BCUT2D eigenvalue weighted by Gasteiger charge is 2.60. The highest BCUT2D eigenvalue weighted by atomic mass is 35.5. The summed E-state index contributed by atoms with van der Waals surface area (Å²) in [5.74, 6) is 0.557. The average Bonchev–Trinajstić information content (AvgIpc) is 3.24. The van der Waals surface area contributed by atoms with Gasteiger partial charge in [-0.3, -0.25) is 22.9 Å². The van der Waals surface area contributed by atoms with E-state index >= 15 is 0 Å². The van der Waals surface area contributed by atoms with E-state index in [4.69, 9.17) is 35.6 Å². The largest absolute Gasteiger partial charge is 0.475 e. The SMILES string of the molecule is CC(C)(C)C(=O)SCCO[P@]1(=O)OC[C@H]2O[C@@H](n3cnc4c(N)ncnc43)[C@](C)(Cl)[C@@H]2O1. The van der Waals surface area contributed by atoms with Crippen LogP contribution < -0.4 is 5.73 Å². The van der Waals surface area contributed by atoms with E-state index in [1.54, 1.807) is 11.5 Å². The van der Waals surface area contributed by atoms with Crippen molar-refractivity contribution < 1.29 is 27.7 Å². The van der Waals surface area contributed by atoms with Gasteiger partial charge in [-0.15, -0.1) is 11.6 Å². The van der Waals surface area contributed by atoms with Gasteiger partial charge in [0.05, 0.1) is 19.5 Å². The van der Waals surface area contributed by atoms with Crippen molar-refractivity contribution in [2.24, 2.45) is 5.41 Å². The normalized spacial score (nSPS) is 32.8. The quantitative estimate of drug-likeness (QED) is 0.364. The molecule has 176 valence electrons. The number of phosphoric acid groups is 1. The molecular formula is C18H25ClN5O6PS. The monoisotopic (exact) mass is 505 g/mol. The zero-order valence-electron chi connectivity index (χ0n) is 18.1. The molecule has 4 rings (SSSR count). The molecule has 2 aliphatic heterocycles. The fraction of sp³-hybridized carbons (Fsp3) is 0.667. The van der Waals surface area contributed by atoms with Crippen LogP contribution in [0.5, 0.6) is 0 Å². The van der Waals surface area contributed by atoms with Crippen molar-refractivity contribution in [3.05, 3.63) is 12.7 Å². The second-order valence-corrected chi connectivity index (χ2v) is 12.3. The van der Waals surface area contributed by atoms with Crippen LogP contribution in [0.1, 0.15) is 33.9 Å². The van der Waals surface area contributed by atoms with Gasteiger partial charge in [0.1, 0.15) is 28.9 Å². The summed E-state index contributed by atoms with van der Waals surface area (Å²) in [6.07, 6.45) is 0.733. The Balaban J connectivity index is 1.45. The number of imidazole rings is 1. The minimum Gasteiger partial charge on any atom is -0.382 e. The molecule has 2 aromatic rings. The molecule has 2 fully saturated rings. The summed E-state index contributed by atoms with van der Waals surface area (Å²) in [5, 5.41) is 0.0160. The van der Waals surface area contributed by atoms with Crippen LogP contribution in [-0.2, 0) is 27.7 Å². The number of halogens is 1. The zero-order valence-corrected chi connectivity index (χ0v) is 20.5. The van der Waals surface area contributed by atoms with Crippen molar-refractivity contribution >= 4 is 53.3 Å². The molecule has 0 saturated carbocycles. The number of thioether (sulfide) groups is 1. The van der Waals surface area contributed by atoms with Gasteiger partial charge in [-0.25, -0.2) is 19.5 Å². The predicted octanol–water partition coefficient (Wildman–Crippen LogP) is 3.15. The summed E-state index contributed by atoms with van der Waals surface area (Å²) >= 11 is 7.98. The molecule has 14 heteroatoms. The molecule has 0 aliphatic carbocycles. The van der Waals surface area contributed by atoms with Crippen LogP contribution in [0, 0.1) is 5.41 Å². The van der Waals surface area contributed by atoms with E-state index in [9.17, 15) is 9.36 Å². The van der Waals surface area contributed by atoms with Gasteiger partial charge in [-0.1, -0.05) is 32.5 Å². The minimum absolute atomic E-state index is 0.0160. The first-order valence-electron chi connectivity index (χ1n) is 9.94. The highest BCUT2D eigenvalue weighted by molar-refractivity contribution is 8.13. The van der Waals surface area contributed by atoms with E-state index in [0.29, 0.717) is 16.9 Å². The van der Waals surface area contributed by atoms with E-state index in [2.05, 4.69) is 15.0 Å². The molecule has 32 heavy (non-hydrogen) atoms. The molecule has 11 nitrogen and oxygen atoms in total. The lowest BCUT2D eigenvalue weighted by molar-refractivity contribution is -0.117. The summed E-state index contributed by atoms with van der Waals surface area (Å²) in [5.41, 5.74) is 6.27. The van der Waals surface area contributed by atoms with Gasteiger partial charge < -0.3 is 10.5 Å². The van der Waals surface area contributed by atoms with Crippen LogP contribution in [0.2, 0.25) is 0 Å². The molecule has 2 aliphatic rings. The Morgan fingerprint density at radius 3 is 2.91 bits per heavy atom. The number of hydrogen-bond acceptors (Lipinski definition) is 11.